The highest BCUT2D eigenvalue weighted by Crippen LogP contribution is 2.23. The van der Waals surface area contributed by atoms with Crippen molar-refractivity contribution >= 4 is 51.9 Å². The van der Waals surface area contributed by atoms with E-state index < -0.39 is 12.0 Å². The number of carbonyl (C=O) groups excluding carboxylic acids is 1. The van der Waals surface area contributed by atoms with Crippen LogP contribution in [0.1, 0.15) is 0 Å². The van der Waals surface area contributed by atoms with Gasteiger partial charge in [-0.15, -0.1) is 0 Å². The fourth-order valence-electron chi connectivity index (χ4n) is 1.08. The van der Waals surface area contributed by atoms with E-state index >= 15 is 0 Å². The van der Waals surface area contributed by atoms with Crippen LogP contribution in [0, 0.1) is 3.57 Å². The normalized spacial score (nSPS) is 9.82. The molecule has 0 saturated heterocycles. The predicted octanol–water partition coefficient (Wildman–Crippen LogP) is 2.49. The summed E-state index contributed by atoms with van der Waals surface area (Å²) in [5, 5.41) is 11.5. The highest BCUT2D eigenvalue weighted by molar-refractivity contribution is 14.1. The zero-order valence-electron chi connectivity index (χ0n) is 8.91. The van der Waals surface area contributed by atoms with Crippen LogP contribution in [0.25, 0.3) is 0 Å². The molecule has 0 unspecified atom stereocenters. The highest BCUT2D eigenvalue weighted by atomic mass is 127. The molecule has 1 aromatic rings. The third-order valence-electron chi connectivity index (χ3n) is 1.89. The van der Waals surface area contributed by atoms with E-state index in [1.54, 1.807) is 18.2 Å². The molecule has 0 heterocycles. The Bertz CT molecular complexity index is 453. The number of likely N-dealkylation sites (N-methyl/N-ethyl adjacent to an activating group) is 1. The first-order valence-electron chi connectivity index (χ1n) is 4.59. The number of halogens is 2. The molecule has 0 aromatic heterocycles. The molecule has 0 bridgehead atoms. The topological polar surface area (TPSA) is 69.6 Å². The number of hydrogen-bond donors (Lipinski definition) is 2. The molecular weight excluding hydrogens is 358 g/mol. The molecule has 92 valence electrons. The number of carboxylic acids is 1. The van der Waals surface area contributed by atoms with Gasteiger partial charge < -0.3 is 15.3 Å². The maximum atomic E-state index is 11.6. The van der Waals surface area contributed by atoms with Gasteiger partial charge in [0.2, 0.25) is 0 Å². The SMILES string of the molecule is CN(CC(=O)O)C(=O)Nc1ccc(I)cc1Cl. The van der Waals surface area contributed by atoms with Gasteiger partial charge in [0.05, 0.1) is 10.7 Å². The van der Waals surface area contributed by atoms with E-state index in [2.05, 4.69) is 27.9 Å². The summed E-state index contributed by atoms with van der Waals surface area (Å²) in [6.07, 6.45) is 0. The van der Waals surface area contributed by atoms with Crippen molar-refractivity contribution in [3.63, 3.8) is 0 Å². The first-order valence-corrected chi connectivity index (χ1v) is 6.05. The van der Waals surface area contributed by atoms with Crippen molar-refractivity contribution in [2.75, 3.05) is 18.9 Å². The van der Waals surface area contributed by atoms with Gasteiger partial charge in [-0.3, -0.25) is 4.79 Å². The summed E-state index contributed by atoms with van der Waals surface area (Å²) < 4.78 is 0.949. The Labute approximate surface area is 117 Å². The lowest BCUT2D eigenvalue weighted by atomic mass is 10.3. The van der Waals surface area contributed by atoms with Crippen molar-refractivity contribution in [3.8, 4) is 0 Å². The molecular formula is C10H10ClIN2O3. The quantitative estimate of drug-likeness (QED) is 0.806. The van der Waals surface area contributed by atoms with Crippen LogP contribution in [0.2, 0.25) is 5.02 Å². The fraction of sp³-hybridized carbons (Fsp3) is 0.200. The monoisotopic (exact) mass is 368 g/mol. The van der Waals surface area contributed by atoms with Crippen molar-refractivity contribution in [3.05, 3.63) is 26.8 Å². The van der Waals surface area contributed by atoms with Crippen molar-refractivity contribution in [2.45, 2.75) is 0 Å². The molecule has 0 aliphatic carbocycles. The van der Waals surface area contributed by atoms with Gasteiger partial charge >= 0.3 is 12.0 Å². The lowest BCUT2D eigenvalue weighted by Gasteiger charge is -2.16. The number of urea groups is 1. The van der Waals surface area contributed by atoms with E-state index in [1.807, 2.05) is 0 Å². The summed E-state index contributed by atoms with van der Waals surface area (Å²) in [6, 6.07) is 4.64. The van der Waals surface area contributed by atoms with Crippen LogP contribution in [-0.2, 0) is 4.79 Å². The number of carbonyl (C=O) groups is 2. The predicted molar refractivity (Wildman–Crippen MR) is 73.5 cm³/mol. The van der Waals surface area contributed by atoms with E-state index in [9.17, 15) is 9.59 Å². The van der Waals surface area contributed by atoms with Crippen molar-refractivity contribution in [2.24, 2.45) is 0 Å². The summed E-state index contributed by atoms with van der Waals surface area (Å²) in [7, 11) is 1.39. The minimum atomic E-state index is -1.07. The van der Waals surface area contributed by atoms with Gasteiger partial charge in [-0.25, -0.2) is 4.79 Å². The minimum absolute atomic E-state index is 0.367. The molecule has 17 heavy (non-hydrogen) atoms. The van der Waals surface area contributed by atoms with Gasteiger partial charge in [0.25, 0.3) is 0 Å². The molecule has 0 aliphatic heterocycles. The summed E-state index contributed by atoms with van der Waals surface area (Å²) in [6.45, 7) is -0.367. The summed E-state index contributed by atoms with van der Waals surface area (Å²) in [5.74, 6) is -1.07. The first-order chi connectivity index (χ1) is 7.90. The van der Waals surface area contributed by atoms with Gasteiger partial charge in [0.1, 0.15) is 6.54 Å². The van der Waals surface area contributed by atoms with Crippen molar-refractivity contribution < 1.29 is 14.7 Å². The van der Waals surface area contributed by atoms with Crippen LogP contribution in [0.15, 0.2) is 18.2 Å². The van der Waals surface area contributed by atoms with E-state index in [4.69, 9.17) is 16.7 Å². The smallest absolute Gasteiger partial charge is 0.323 e. The van der Waals surface area contributed by atoms with Gasteiger partial charge in [0.15, 0.2) is 0 Å². The zero-order valence-corrected chi connectivity index (χ0v) is 11.8. The number of aliphatic carboxylic acids is 1. The Morgan fingerprint density at radius 2 is 2.18 bits per heavy atom. The van der Waals surface area contributed by atoms with Crippen molar-refractivity contribution in [1.82, 2.24) is 4.90 Å². The van der Waals surface area contributed by atoms with Gasteiger partial charge in [-0.2, -0.15) is 0 Å². The molecule has 0 fully saturated rings. The van der Waals surface area contributed by atoms with E-state index in [0.717, 1.165) is 8.47 Å². The zero-order chi connectivity index (χ0) is 13.0. The lowest BCUT2D eigenvalue weighted by Crippen LogP contribution is -2.35. The number of benzene rings is 1. The Balaban J connectivity index is 2.71. The second kappa shape index (κ2) is 6.06. The molecule has 0 radical (unpaired) electrons. The molecule has 0 saturated carbocycles. The largest absolute Gasteiger partial charge is 0.480 e. The average Bonchev–Trinajstić information content (AvgIpc) is 2.21. The van der Waals surface area contributed by atoms with Crippen LogP contribution < -0.4 is 5.32 Å². The molecule has 0 spiro atoms. The molecule has 0 aliphatic rings. The summed E-state index contributed by atoms with van der Waals surface area (Å²) in [4.78, 5) is 23.1. The van der Waals surface area contributed by atoms with Gasteiger partial charge in [-0.1, -0.05) is 11.6 Å². The number of carboxylic acid groups (broad SMARTS) is 1. The summed E-state index contributed by atoms with van der Waals surface area (Å²) >= 11 is 8.03. The Morgan fingerprint density at radius 3 is 2.71 bits per heavy atom. The molecule has 0 atom stereocenters. The molecule has 2 N–H and O–H groups in total. The molecule has 7 heteroatoms. The maximum Gasteiger partial charge on any atom is 0.323 e. The van der Waals surface area contributed by atoms with E-state index in [1.165, 1.54) is 7.05 Å². The molecule has 5 nitrogen and oxygen atoms in total. The average molecular weight is 369 g/mol. The van der Waals surface area contributed by atoms with E-state index in [-0.39, 0.29) is 6.54 Å². The van der Waals surface area contributed by atoms with Crippen LogP contribution in [0.5, 0.6) is 0 Å². The Kier molecular flexibility index (Phi) is 5.01. The van der Waals surface area contributed by atoms with Crippen LogP contribution in [0.4, 0.5) is 10.5 Å². The number of hydrogen-bond acceptors (Lipinski definition) is 2. The number of nitrogens with zero attached hydrogens (tertiary/aromatic N) is 1. The molecule has 2 amide bonds. The number of anilines is 1. The number of nitrogens with one attached hydrogen (secondary N) is 1. The molecule has 1 aromatic carbocycles. The molecule has 1 rings (SSSR count). The maximum absolute atomic E-state index is 11.6. The third kappa shape index (κ3) is 4.39. The van der Waals surface area contributed by atoms with E-state index in [0.29, 0.717) is 10.7 Å². The minimum Gasteiger partial charge on any atom is -0.480 e. The Hall–Kier alpha value is -1.02. The van der Waals surface area contributed by atoms with Crippen molar-refractivity contribution in [1.29, 1.82) is 0 Å². The summed E-state index contributed by atoms with van der Waals surface area (Å²) in [5.41, 5.74) is 0.453. The Morgan fingerprint density at radius 1 is 1.53 bits per heavy atom. The van der Waals surface area contributed by atoms with Crippen LogP contribution in [-0.4, -0.2) is 35.6 Å². The number of rotatable bonds is 3. The third-order valence-corrected chi connectivity index (χ3v) is 2.88. The lowest BCUT2D eigenvalue weighted by molar-refractivity contribution is -0.137. The first kappa shape index (κ1) is 14.0. The standard InChI is InChI=1S/C10H10ClIN2O3/c1-14(5-9(15)16)10(17)13-8-3-2-6(12)4-7(8)11/h2-4H,5H2,1H3,(H,13,17)(H,15,16). The second-order valence-electron chi connectivity index (χ2n) is 3.30. The van der Waals surface area contributed by atoms with Crippen LogP contribution >= 0.6 is 34.2 Å². The van der Waals surface area contributed by atoms with Crippen LogP contribution in [0.3, 0.4) is 0 Å². The number of amides is 2. The fourth-order valence-corrected chi connectivity index (χ4v) is 1.98. The van der Waals surface area contributed by atoms with Gasteiger partial charge in [-0.05, 0) is 40.8 Å². The highest BCUT2D eigenvalue weighted by Gasteiger charge is 2.13. The second-order valence-corrected chi connectivity index (χ2v) is 4.96. The van der Waals surface area contributed by atoms with Gasteiger partial charge in [0, 0.05) is 10.6 Å².